The SMILES string of the molecule is BOc1cccc2ccc(C(C)(C)C)nc12. The predicted octanol–water partition coefficient (Wildman–Crippen LogP) is 2.46. The second kappa shape index (κ2) is 3.82. The van der Waals surface area contributed by atoms with E-state index in [1.54, 1.807) is 8.05 Å². The number of rotatable bonds is 1. The molecule has 0 aliphatic heterocycles. The summed E-state index contributed by atoms with van der Waals surface area (Å²) in [6.07, 6.45) is 0. The van der Waals surface area contributed by atoms with E-state index in [1.165, 1.54) is 0 Å². The van der Waals surface area contributed by atoms with Crippen LogP contribution in [0.4, 0.5) is 0 Å². The predicted molar refractivity (Wildman–Crippen MR) is 69.6 cm³/mol. The summed E-state index contributed by atoms with van der Waals surface area (Å²) in [5.74, 6) is 0.837. The van der Waals surface area contributed by atoms with Crippen LogP contribution >= 0.6 is 0 Å². The van der Waals surface area contributed by atoms with Crippen LogP contribution in [0, 0.1) is 0 Å². The minimum Gasteiger partial charge on any atom is -0.566 e. The van der Waals surface area contributed by atoms with E-state index in [-0.39, 0.29) is 5.41 Å². The highest BCUT2D eigenvalue weighted by atomic mass is 16.4. The summed E-state index contributed by atoms with van der Waals surface area (Å²) in [4.78, 5) is 4.69. The molecule has 16 heavy (non-hydrogen) atoms. The van der Waals surface area contributed by atoms with Crippen molar-refractivity contribution in [3.05, 3.63) is 36.0 Å². The first-order chi connectivity index (χ1) is 7.52. The summed E-state index contributed by atoms with van der Waals surface area (Å²) >= 11 is 0. The molecule has 0 atom stereocenters. The molecule has 0 aliphatic carbocycles. The summed E-state index contributed by atoms with van der Waals surface area (Å²) in [6, 6.07) is 10.2. The van der Waals surface area contributed by atoms with Crippen molar-refractivity contribution in [1.29, 1.82) is 0 Å². The van der Waals surface area contributed by atoms with E-state index < -0.39 is 0 Å². The number of aromatic nitrogens is 1. The number of hydrogen-bond donors (Lipinski definition) is 0. The van der Waals surface area contributed by atoms with Gasteiger partial charge in [0.2, 0.25) is 0 Å². The van der Waals surface area contributed by atoms with Crippen molar-refractivity contribution in [3.8, 4) is 5.75 Å². The van der Waals surface area contributed by atoms with Gasteiger partial charge in [0.15, 0.2) is 0 Å². The van der Waals surface area contributed by atoms with Crippen molar-refractivity contribution in [3.63, 3.8) is 0 Å². The van der Waals surface area contributed by atoms with E-state index >= 15 is 0 Å². The molecule has 2 aromatic rings. The van der Waals surface area contributed by atoms with Crippen molar-refractivity contribution in [2.24, 2.45) is 0 Å². The first kappa shape index (κ1) is 11.0. The van der Waals surface area contributed by atoms with Gasteiger partial charge < -0.3 is 4.65 Å². The maximum atomic E-state index is 5.33. The molecule has 1 aromatic carbocycles. The third-order valence-corrected chi connectivity index (χ3v) is 2.67. The molecule has 82 valence electrons. The van der Waals surface area contributed by atoms with Gasteiger partial charge in [-0.15, -0.1) is 0 Å². The lowest BCUT2D eigenvalue weighted by molar-refractivity contribution is 0.569. The van der Waals surface area contributed by atoms with Crippen molar-refractivity contribution in [2.45, 2.75) is 26.2 Å². The van der Waals surface area contributed by atoms with Crippen molar-refractivity contribution in [1.82, 2.24) is 4.98 Å². The molecule has 0 spiro atoms. The van der Waals surface area contributed by atoms with E-state index in [0.29, 0.717) is 0 Å². The van der Waals surface area contributed by atoms with Gasteiger partial charge >= 0.3 is 8.05 Å². The third kappa shape index (κ3) is 1.90. The van der Waals surface area contributed by atoms with Gasteiger partial charge in [-0.2, -0.15) is 0 Å². The second-order valence-corrected chi connectivity index (χ2v) is 4.98. The summed E-state index contributed by atoms with van der Waals surface area (Å²) in [5, 5.41) is 1.12. The number of benzene rings is 1. The molecule has 3 heteroatoms. The molecule has 0 amide bonds. The molecule has 0 aliphatic rings. The van der Waals surface area contributed by atoms with Crippen molar-refractivity contribution in [2.75, 3.05) is 0 Å². The molecule has 0 radical (unpaired) electrons. The second-order valence-electron chi connectivity index (χ2n) is 4.98. The van der Waals surface area contributed by atoms with Gasteiger partial charge in [-0.05, 0) is 12.1 Å². The van der Waals surface area contributed by atoms with Gasteiger partial charge in [0.1, 0.15) is 11.3 Å². The number of pyridine rings is 1. The highest BCUT2D eigenvalue weighted by Crippen LogP contribution is 2.27. The van der Waals surface area contributed by atoms with E-state index in [4.69, 9.17) is 9.64 Å². The van der Waals surface area contributed by atoms with Crippen LogP contribution < -0.4 is 4.65 Å². The van der Waals surface area contributed by atoms with Crippen LogP contribution in [0.25, 0.3) is 10.9 Å². The van der Waals surface area contributed by atoms with E-state index in [1.807, 2.05) is 12.1 Å². The van der Waals surface area contributed by atoms with Gasteiger partial charge in [-0.3, -0.25) is 0 Å². The molecule has 0 unspecified atom stereocenters. The minimum atomic E-state index is 0.0645. The molecular formula is C13H16BNO. The fourth-order valence-electron chi connectivity index (χ4n) is 1.70. The summed E-state index contributed by atoms with van der Waals surface area (Å²) in [7, 11) is 1.68. The molecule has 2 rings (SSSR count). The largest absolute Gasteiger partial charge is 0.566 e. The summed E-state index contributed by atoms with van der Waals surface area (Å²) in [6.45, 7) is 6.49. The van der Waals surface area contributed by atoms with E-state index in [9.17, 15) is 0 Å². The van der Waals surface area contributed by atoms with Gasteiger partial charge in [0.25, 0.3) is 0 Å². The molecule has 0 fully saturated rings. The number of hydrogen-bond acceptors (Lipinski definition) is 2. The maximum Gasteiger partial charge on any atom is 0.322 e. The zero-order valence-electron chi connectivity index (χ0n) is 10.2. The molecular weight excluding hydrogens is 197 g/mol. The Hall–Kier alpha value is -1.51. The first-order valence-corrected chi connectivity index (χ1v) is 5.46. The molecule has 0 saturated heterocycles. The van der Waals surface area contributed by atoms with Crippen LogP contribution in [-0.4, -0.2) is 13.0 Å². The van der Waals surface area contributed by atoms with Crippen LogP contribution in [0.5, 0.6) is 5.75 Å². The van der Waals surface area contributed by atoms with E-state index in [2.05, 4.69) is 39.0 Å². The van der Waals surface area contributed by atoms with E-state index in [0.717, 1.165) is 22.3 Å². The van der Waals surface area contributed by atoms with Crippen LogP contribution in [0.1, 0.15) is 26.5 Å². The number of nitrogens with zero attached hydrogens (tertiary/aromatic N) is 1. The lowest BCUT2D eigenvalue weighted by Crippen LogP contribution is -2.13. The maximum absolute atomic E-state index is 5.33. The Morgan fingerprint density at radius 2 is 1.88 bits per heavy atom. The Bertz CT molecular complexity index is 517. The van der Waals surface area contributed by atoms with Crippen LogP contribution in [0.15, 0.2) is 30.3 Å². The number of para-hydroxylation sites is 1. The average Bonchev–Trinajstić information content (AvgIpc) is 2.26. The summed E-state index contributed by atoms with van der Waals surface area (Å²) < 4.78 is 5.33. The molecule has 0 bridgehead atoms. The fourth-order valence-corrected chi connectivity index (χ4v) is 1.70. The monoisotopic (exact) mass is 213 g/mol. The third-order valence-electron chi connectivity index (χ3n) is 2.67. The molecule has 1 heterocycles. The standard InChI is InChI=1S/C13H16BNO/c1-13(2,3)11-8-7-9-5-4-6-10(16-14)12(9)15-11/h4-8H,14H2,1-3H3. The van der Waals surface area contributed by atoms with Gasteiger partial charge in [-0.1, -0.05) is 39.0 Å². The smallest absolute Gasteiger partial charge is 0.322 e. The normalized spacial score (nSPS) is 11.7. The summed E-state index contributed by atoms with van der Waals surface area (Å²) in [5.41, 5.74) is 2.09. The quantitative estimate of drug-likeness (QED) is 0.679. The Labute approximate surface area is 97.1 Å². The highest BCUT2D eigenvalue weighted by molar-refractivity contribution is 6.01. The van der Waals surface area contributed by atoms with Gasteiger partial charge in [0.05, 0.1) is 0 Å². The van der Waals surface area contributed by atoms with Crippen molar-refractivity contribution >= 4 is 19.0 Å². The molecule has 0 saturated carbocycles. The molecule has 2 nitrogen and oxygen atoms in total. The average molecular weight is 213 g/mol. The molecule has 0 N–H and O–H groups in total. The lowest BCUT2D eigenvalue weighted by atomic mass is 9.91. The lowest BCUT2D eigenvalue weighted by Gasteiger charge is -2.18. The highest BCUT2D eigenvalue weighted by Gasteiger charge is 2.16. The first-order valence-electron chi connectivity index (χ1n) is 5.46. The van der Waals surface area contributed by atoms with Crippen LogP contribution in [-0.2, 0) is 5.41 Å². The van der Waals surface area contributed by atoms with Crippen molar-refractivity contribution < 1.29 is 4.65 Å². The fraction of sp³-hybridized carbons (Fsp3) is 0.308. The molecule has 1 aromatic heterocycles. The zero-order valence-corrected chi connectivity index (χ0v) is 10.2. The Morgan fingerprint density at radius 3 is 2.50 bits per heavy atom. The van der Waals surface area contributed by atoms with Gasteiger partial charge in [-0.25, -0.2) is 4.98 Å². The van der Waals surface area contributed by atoms with Crippen LogP contribution in [0.2, 0.25) is 0 Å². The number of fused-ring (bicyclic) bond motifs is 1. The van der Waals surface area contributed by atoms with Crippen LogP contribution in [0.3, 0.4) is 0 Å². The Balaban J connectivity index is 2.68. The minimum absolute atomic E-state index is 0.0645. The Morgan fingerprint density at radius 1 is 1.12 bits per heavy atom. The van der Waals surface area contributed by atoms with Gasteiger partial charge in [0, 0.05) is 16.5 Å². The topological polar surface area (TPSA) is 22.1 Å². The zero-order chi connectivity index (χ0) is 11.8. The Kier molecular flexibility index (Phi) is 2.62.